The first-order valence-corrected chi connectivity index (χ1v) is 10.8. The van der Waals surface area contributed by atoms with Crippen molar-refractivity contribution in [2.45, 2.75) is 13.5 Å². The Hall–Kier alpha value is -4.46. The molecule has 0 fully saturated rings. The standard InChI is InChI=1S/C26H24N4O4/c1-18(31)27-15-16-34-21-11-9-20(10-12-21)28-25(32)17-30-26(33)14-13-24(29-30)23-8-4-6-19-5-2-3-7-22(19)23/h2-14H,15-17H2,1H3,(H,27,31)(H,28,32). The molecule has 2 N–H and O–H groups in total. The Morgan fingerprint density at radius 2 is 1.71 bits per heavy atom. The molecule has 0 aliphatic carbocycles. The fourth-order valence-corrected chi connectivity index (χ4v) is 3.52. The van der Waals surface area contributed by atoms with E-state index < -0.39 is 0 Å². The van der Waals surface area contributed by atoms with Crippen molar-refractivity contribution in [3.05, 3.63) is 89.2 Å². The maximum absolute atomic E-state index is 12.6. The summed E-state index contributed by atoms with van der Waals surface area (Å²) in [6.45, 7) is 1.98. The van der Waals surface area contributed by atoms with Gasteiger partial charge in [-0.1, -0.05) is 42.5 Å². The van der Waals surface area contributed by atoms with Gasteiger partial charge in [-0.3, -0.25) is 14.4 Å². The molecular formula is C26H24N4O4. The van der Waals surface area contributed by atoms with Crippen LogP contribution in [0.2, 0.25) is 0 Å². The second kappa shape index (κ2) is 10.4. The van der Waals surface area contributed by atoms with E-state index in [1.807, 2.05) is 42.5 Å². The summed E-state index contributed by atoms with van der Waals surface area (Å²) in [5.41, 5.74) is 1.71. The molecule has 4 aromatic rings. The van der Waals surface area contributed by atoms with Crippen molar-refractivity contribution < 1.29 is 14.3 Å². The summed E-state index contributed by atoms with van der Waals surface area (Å²) in [5.74, 6) is 0.130. The summed E-state index contributed by atoms with van der Waals surface area (Å²) in [7, 11) is 0. The van der Waals surface area contributed by atoms with Crippen LogP contribution in [-0.2, 0) is 16.1 Å². The predicted molar refractivity (Wildman–Crippen MR) is 131 cm³/mol. The Morgan fingerprint density at radius 3 is 2.50 bits per heavy atom. The molecular weight excluding hydrogens is 432 g/mol. The van der Waals surface area contributed by atoms with E-state index >= 15 is 0 Å². The average Bonchev–Trinajstić information content (AvgIpc) is 2.84. The number of carbonyl (C=O) groups excluding carboxylic acids is 2. The minimum Gasteiger partial charge on any atom is -0.492 e. The highest BCUT2D eigenvalue weighted by molar-refractivity contribution is 5.95. The molecule has 0 saturated heterocycles. The maximum atomic E-state index is 12.6. The van der Waals surface area contributed by atoms with Gasteiger partial charge in [-0.05, 0) is 41.1 Å². The smallest absolute Gasteiger partial charge is 0.267 e. The Kier molecular flexibility index (Phi) is 6.98. The number of fused-ring (bicyclic) bond motifs is 1. The number of carbonyl (C=O) groups is 2. The van der Waals surface area contributed by atoms with Crippen molar-refractivity contribution in [3.63, 3.8) is 0 Å². The van der Waals surface area contributed by atoms with E-state index in [0.29, 0.717) is 30.3 Å². The molecule has 8 heteroatoms. The van der Waals surface area contributed by atoms with Crippen molar-refractivity contribution in [1.82, 2.24) is 15.1 Å². The first-order valence-electron chi connectivity index (χ1n) is 10.8. The van der Waals surface area contributed by atoms with E-state index in [9.17, 15) is 14.4 Å². The lowest BCUT2D eigenvalue weighted by atomic mass is 10.0. The van der Waals surface area contributed by atoms with Crippen LogP contribution >= 0.6 is 0 Å². The third-order valence-corrected chi connectivity index (χ3v) is 5.11. The first-order chi connectivity index (χ1) is 16.5. The van der Waals surface area contributed by atoms with Crippen LogP contribution in [0.5, 0.6) is 5.75 Å². The Morgan fingerprint density at radius 1 is 0.941 bits per heavy atom. The molecule has 0 spiro atoms. The van der Waals surface area contributed by atoms with Crippen molar-refractivity contribution in [2.24, 2.45) is 0 Å². The lowest BCUT2D eigenvalue weighted by molar-refractivity contribution is -0.119. The third-order valence-electron chi connectivity index (χ3n) is 5.11. The number of ether oxygens (including phenoxy) is 1. The molecule has 1 aromatic heterocycles. The molecule has 0 aliphatic rings. The van der Waals surface area contributed by atoms with Crippen LogP contribution in [0.4, 0.5) is 5.69 Å². The molecule has 8 nitrogen and oxygen atoms in total. The molecule has 0 atom stereocenters. The Labute approximate surface area is 196 Å². The molecule has 34 heavy (non-hydrogen) atoms. The molecule has 0 saturated carbocycles. The van der Waals surface area contributed by atoms with E-state index in [-0.39, 0.29) is 23.9 Å². The Bertz CT molecular complexity index is 1370. The number of nitrogens with zero attached hydrogens (tertiary/aromatic N) is 2. The van der Waals surface area contributed by atoms with Gasteiger partial charge >= 0.3 is 0 Å². The number of amides is 2. The normalized spacial score (nSPS) is 10.6. The van der Waals surface area contributed by atoms with Crippen LogP contribution in [-0.4, -0.2) is 34.7 Å². The van der Waals surface area contributed by atoms with Crippen LogP contribution in [0, 0.1) is 0 Å². The fourth-order valence-electron chi connectivity index (χ4n) is 3.52. The van der Waals surface area contributed by atoms with Gasteiger partial charge in [-0.2, -0.15) is 5.10 Å². The van der Waals surface area contributed by atoms with Gasteiger partial charge in [-0.25, -0.2) is 4.68 Å². The first kappa shape index (κ1) is 22.7. The molecule has 0 bridgehead atoms. The number of benzene rings is 3. The lowest BCUT2D eigenvalue weighted by Crippen LogP contribution is -2.29. The molecule has 0 unspecified atom stereocenters. The molecule has 172 valence electrons. The van der Waals surface area contributed by atoms with Gasteiger partial charge < -0.3 is 15.4 Å². The van der Waals surface area contributed by atoms with Gasteiger partial charge in [0.2, 0.25) is 11.8 Å². The van der Waals surface area contributed by atoms with Crippen LogP contribution in [0.1, 0.15) is 6.92 Å². The summed E-state index contributed by atoms with van der Waals surface area (Å²) >= 11 is 0. The van der Waals surface area contributed by atoms with Crippen LogP contribution in [0.25, 0.3) is 22.0 Å². The van der Waals surface area contributed by atoms with Crippen LogP contribution < -0.4 is 20.9 Å². The topological polar surface area (TPSA) is 102 Å². The summed E-state index contributed by atoms with van der Waals surface area (Å²) in [5, 5.41) is 11.9. The molecule has 4 rings (SSSR count). The zero-order valence-electron chi connectivity index (χ0n) is 18.7. The zero-order valence-corrected chi connectivity index (χ0v) is 18.7. The van der Waals surface area contributed by atoms with E-state index in [4.69, 9.17) is 4.74 Å². The fraction of sp³-hybridized carbons (Fsp3) is 0.154. The minimum atomic E-state index is -0.371. The van der Waals surface area contributed by atoms with E-state index in [1.54, 1.807) is 30.3 Å². The molecule has 2 amide bonds. The minimum absolute atomic E-state index is 0.113. The second-order valence-electron chi connectivity index (χ2n) is 7.65. The molecule has 0 radical (unpaired) electrons. The average molecular weight is 457 g/mol. The lowest BCUT2D eigenvalue weighted by Gasteiger charge is -2.11. The Balaban J connectivity index is 1.42. The van der Waals surface area contributed by atoms with Crippen molar-refractivity contribution in [1.29, 1.82) is 0 Å². The van der Waals surface area contributed by atoms with E-state index in [1.165, 1.54) is 13.0 Å². The van der Waals surface area contributed by atoms with Gasteiger partial charge in [0.1, 0.15) is 18.9 Å². The third kappa shape index (κ3) is 5.66. The molecule has 0 aliphatic heterocycles. The highest BCUT2D eigenvalue weighted by Crippen LogP contribution is 2.26. The molecule has 3 aromatic carbocycles. The monoisotopic (exact) mass is 456 g/mol. The van der Waals surface area contributed by atoms with Gasteiger partial charge in [0.05, 0.1) is 12.2 Å². The van der Waals surface area contributed by atoms with Gasteiger partial charge in [0.25, 0.3) is 5.56 Å². The summed E-state index contributed by atoms with van der Waals surface area (Å²) < 4.78 is 6.69. The molecule has 1 heterocycles. The van der Waals surface area contributed by atoms with Crippen molar-refractivity contribution in [2.75, 3.05) is 18.5 Å². The predicted octanol–water partition coefficient (Wildman–Crippen LogP) is 3.22. The summed E-state index contributed by atoms with van der Waals surface area (Å²) in [6.07, 6.45) is 0. The van der Waals surface area contributed by atoms with Gasteiger partial charge in [0.15, 0.2) is 0 Å². The summed E-state index contributed by atoms with van der Waals surface area (Å²) in [4.78, 5) is 35.8. The number of hydrogen-bond donors (Lipinski definition) is 2. The van der Waals surface area contributed by atoms with Crippen LogP contribution in [0.15, 0.2) is 83.7 Å². The zero-order chi connectivity index (χ0) is 23.9. The van der Waals surface area contributed by atoms with Crippen LogP contribution in [0.3, 0.4) is 0 Å². The quantitative estimate of drug-likeness (QED) is 0.397. The van der Waals surface area contributed by atoms with Gasteiger partial charge in [-0.15, -0.1) is 0 Å². The van der Waals surface area contributed by atoms with Gasteiger partial charge in [0, 0.05) is 24.2 Å². The van der Waals surface area contributed by atoms with E-state index in [2.05, 4.69) is 15.7 Å². The SMILES string of the molecule is CC(=O)NCCOc1ccc(NC(=O)Cn2nc(-c3cccc4ccccc34)ccc2=O)cc1. The number of rotatable bonds is 8. The maximum Gasteiger partial charge on any atom is 0.267 e. The highest BCUT2D eigenvalue weighted by atomic mass is 16.5. The number of hydrogen-bond acceptors (Lipinski definition) is 5. The van der Waals surface area contributed by atoms with E-state index in [0.717, 1.165) is 21.0 Å². The summed E-state index contributed by atoms with van der Waals surface area (Å²) in [6, 6.07) is 23.8. The highest BCUT2D eigenvalue weighted by Gasteiger charge is 2.10. The number of aromatic nitrogens is 2. The number of nitrogens with one attached hydrogen (secondary N) is 2. The number of anilines is 1. The van der Waals surface area contributed by atoms with Crippen molar-refractivity contribution in [3.8, 4) is 17.0 Å². The second-order valence-corrected chi connectivity index (χ2v) is 7.65. The largest absolute Gasteiger partial charge is 0.492 e. The van der Waals surface area contributed by atoms with Crippen molar-refractivity contribution >= 4 is 28.3 Å².